The Balaban J connectivity index is 1.54. The SMILES string of the molecule is CCC1(C(=O)N2CCN(Cc3cccnc3)CC2)CCCN1. The lowest BCUT2D eigenvalue weighted by atomic mass is 9.92. The number of carbonyl (C=O) groups is 1. The van der Waals surface area contributed by atoms with Crippen molar-refractivity contribution in [1.29, 1.82) is 0 Å². The van der Waals surface area contributed by atoms with Crippen molar-refractivity contribution < 1.29 is 4.79 Å². The van der Waals surface area contributed by atoms with Gasteiger partial charge in [-0.05, 0) is 37.4 Å². The van der Waals surface area contributed by atoms with Gasteiger partial charge in [-0.1, -0.05) is 13.0 Å². The van der Waals surface area contributed by atoms with Gasteiger partial charge in [0.05, 0.1) is 5.54 Å². The van der Waals surface area contributed by atoms with Crippen molar-refractivity contribution in [1.82, 2.24) is 20.1 Å². The average Bonchev–Trinajstić information content (AvgIpc) is 3.06. The van der Waals surface area contributed by atoms with Crippen molar-refractivity contribution in [2.24, 2.45) is 0 Å². The Hall–Kier alpha value is -1.46. The van der Waals surface area contributed by atoms with Crippen molar-refractivity contribution in [2.45, 2.75) is 38.3 Å². The molecule has 0 bridgehead atoms. The molecule has 5 heteroatoms. The molecule has 0 aromatic carbocycles. The number of rotatable bonds is 4. The smallest absolute Gasteiger partial charge is 0.242 e. The molecular formula is C17H26N4O. The number of carbonyl (C=O) groups excluding carboxylic acids is 1. The van der Waals surface area contributed by atoms with Gasteiger partial charge in [0.1, 0.15) is 0 Å². The zero-order valence-electron chi connectivity index (χ0n) is 13.4. The fraction of sp³-hybridized carbons (Fsp3) is 0.647. The second kappa shape index (κ2) is 6.75. The number of nitrogens with one attached hydrogen (secondary N) is 1. The van der Waals surface area contributed by atoms with E-state index in [0.29, 0.717) is 5.91 Å². The summed E-state index contributed by atoms with van der Waals surface area (Å²) in [7, 11) is 0. The number of hydrogen-bond acceptors (Lipinski definition) is 4. The molecule has 1 N–H and O–H groups in total. The van der Waals surface area contributed by atoms with E-state index in [1.165, 1.54) is 5.56 Å². The summed E-state index contributed by atoms with van der Waals surface area (Å²) in [5.41, 5.74) is 0.954. The molecule has 0 spiro atoms. The van der Waals surface area contributed by atoms with E-state index in [2.05, 4.69) is 33.1 Å². The summed E-state index contributed by atoms with van der Waals surface area (Å²) in [5.74, 6) is 0.313. The number of amides is 1. The van der Waals surface area contributed by atoms with Gasteiger partial charge < -0.3 is 10.2 Å². The summed E-state index contributed by atoms with van der Waals surface area (Å²) >= 11 is 0. The fourth-order valence-corrected chi connectivity index (χ4v) is 3.60. The normalized spacial score (nSPS) is 26.3. The van der Waals surface area contributed by atoms with E-state index in [1.54, 1.807) is 6.20 Å². The fourth-order valence-electron chi connectivity index (χ4n) is 3.60. The zero-order chi connectivity index (χ0) is 15.4. The zero-order valence-corrected chi connectivity index (χ0v) is 13.4. The minimum absolute atomic E-state index is 0.286. The van der Waals surface area contributed by atoms with Crippen LogP contribution in [-0.2, 0) is 11.3 Å². The monoisotopic (exact) mass is 302 g/mol. The first-order chi connectivity index (χ1) is 10.7. The predicted molar refractivity (Wildman–Crippen MR) is 86.4 cm³/mol. The molecule has 0 aliphatic carbocycles. The second-order valence-corrected chi connectivity index (χ2v) is 6.40. The first kappa shape index (κ1) is 15.4. The van der Waals surface area contributed by atoms with Gasteiger partial charge >= 0.3 is 0 Å². The van der Waals surface area contributed by atoms with E-state index in [0.717, 1.165) is 58.5 Å². The van der Waals surface area contributed by atoms with Crippen LogP contribution in [0.4, 0.5) is 0 Å². The molecule has 3 heterocycles. The number of pyridine rings is 1. The Kier molecular flexibility index (Phi) is 4.74. The summed E-state index contributed by atoms with van der Waals surface area (Å²) in [4.78, 5) is 21.5. The van der Waals surface area contributed by atoms with Gasteiger partial charge in [-0.3, -0.25) is 14.7 Å². The number of piperazine rings is 1. The van der Waals surface area contributed by atoms with Gasteiger partial charge in [-0.25, -0.2) is 0 Å². The van der Waals surface area contributed by atoms with Crippen molar-refractivity contribution >= 4 is 5.91 Å². The molecule has 5 nitrogen and oxygen atoms in total. The molecule has 1 amide bonds. The highest BCUT2D eigenvalue weighted by Crippen LogP contribution is 2.26. The molecule has 2 aliphatic rings. The van der Waals surface area contributed by atoms with E-state index in [4.69, 9.17) is 0 Å². The third-order valence-corrected chi connectivity index (χ3v) is 5.05. The van der Waals surface area contributed by atoms with E-state index >= 15 is 0 Å². The standard InChI is InChI=1S/C17H26N4O/c1-2-17(6-4-8-19-17)16(22)21-11-9-20(10-12-21)14-15-5-3-7-18-13-15/h3,5,7,13,19H,2,4,6,8-12,14H2,1H3. The van der Waals surface area contributed by atoms with E-state index in [9.17, 15) is 4.79 Å². The first-order valence-electron chi connectivity index (χ1n) is 8.39. The predicted octanol–water partition coefficient (Wildman–Crippen LogP) is 1.26. The Bertz CT molecular complexity index is 491. The van der Waals surface area contributed by atoms with Crippen LogP contribution in [-0.4, -0.2) is 59.0 Å². The van der Waals surface area contributed by atoms with Gasteiger partial charge in [0, 0.05) is 45.1 Å². The van der Waals surface area contributed by atoms with Crippen LogP contribution in [0.5, 0.6) is 0 Å². The Morgan fingerprint density at radius 3 is 2.77 bits per heavy atom. The maximum absolute atomic E-state index is 12.9. The minimum atomic E-state index is -0.286. The lowest BCUT2D eigenvalue weighted by Crippen LogP contribution is -2.58. The van der Waals surface area contributed by atoms with Crippen LogP contribution in [0, 0.1) is 0 Å². The molecule has 0 radical (unpaired) electrons. The highest BCUT2D eigenvalue weighted by Gasteiger charge is 2.42. The lowest BCUT2D eigenvalue weighted by molar-refractivity contribution is -0.139. The second-order valence-electron chi connectivity index (χ2n) is 6.40. The average molecular weight is 302 g/mol. The Morgan fingerprint density at radius 1 is 1.36 bits per heavy atom. The molecule has 22 heavy (non-hydrogen) atoms. The Labute approximate surface area is 132 Å². The molecule has 3 rings (SSSR count). The molecule has 1 atom stereocenters. The maximum Gasteiger partial charge on any atom is 0.242 e. The van der Waals surface area contributed by atoms with Gasteiger partial charge in [0.25, 0.3) is 0 Å². The van der Waals surface area contributed by atoms with Crippen LogP contribution < -0.4 is 5.32 Å². The third-order valence-electron chi connectivity index (χ3n) is 5.05. The molecule has 2 fully saturated rings. The van der Waals surface area contributed by atoms with Crippen LogP contribution in [0.1, 0.15) is 31.7 Å². The Morgan fingerprint density at radius 2 is 2.18 bits per heavy atom. The molecule has 2 aliphatic heterocycles. The van der Waals surface area contributed by atoms with Gasteiger partial charge in [-0.15, -0.1) is 0 Å². The highest BCUT2D eigenvalue weighted by molar-refractivity contribution is 5.86. The number of hydrogen-bond donors (Lipinski definition) is 1. The summed E-state index contributed by atoms with van der Waals surface area (Å²) in [6.07, 6.45) is 6.71. The first-order valence-corrected chi connectivity index (χ1v) is 8.39. The quantitative estimate of drug-likeness (QED) is 0.909. The molecule has 1 aromatic rings. The summed E-state index contributed by atoms with van der Waals surface area (Å²) in [5, 5.41) is 3.45. The van der Waals surface area contributed by atoms with E-state index in [-0.39, 0.29) is 5.54 Å². The number of nitrogens with zero attached hydrogens (tertiary/aromatic N) is 3. The summed E-state index contributed by atoms with van der Waals surface area (Å²) in [6.45, 7) is 7.58. The van der Waals surface area contributed by atoms with Crippen LogP contribution in [0.25, 0.3) is 0 Å². The summed E-state index contributed by atoms with van der Waals surface area (Å²) < 4.78 is 0. The largest absolute Gasteiger partial charge is 0.339 e. The van der Waals surface area contributed by atoms with Gasteiger partial charge in [0.15, 0.2) is 0 Å². The minimum Gasteiger partial charge on any atom is -0.339 e. The van der Waals surface area contributed by atoms with Gasteiger partial charge in [-0.2, -0.15) is 0 Å². The lowest BCUT2D eigenvalue weighted by Gasteiger charge is -2.39. The topological polar surface area (TPSA) is 48.5 Å². The third kappa shape index (κ3) is 3.15. The molecule has 1 unspecified atom stereocenters. The molecule has 2 saturated heterocycles. The van der Waals surface area contributed by atoms with Crippen molar-refractivity contribution in [3.05, 3.63) is 30.1 Å². The molecular weight excluding hydrogens is 276 g/mol. The van der Waals surface area contributed by atoms with E-state index < -0.39 is 0 Å². The van der Waals surface area contributed by atoms with Gasteiger partial charge in [0.2, 0.25) is 5.91 Å². The van der Waals surface area contributed by atoms with Crippen LogP contribution in [0.3, 0.4) is 0 Å². The van der Waals surface area contributed by atoms with Crippen LogP contribution in [0.2, 0.25) is 0 Å². The van der Waals surface area contributed by atoms with Crippen LogP contribution >= 0.6 is 0 Å². The summed E-state index contributed by atoms with van der Waals surface area (Å²) in [6, 6.07) is 4.09. The van der Waals surface area contributed by atoms with Crippen molar-refractivity contribution in [2.75, 3.05) is 32.7 Å². The van der Waals surface area contributed by atoms with Crippen molar-refractivity contribution in [3.63, 3.8) is 0 Å². The molecule has 120 valence electrons. The number of aromatic nitrogens is 1. The molecule has 1 aromatic heterocycles. The van der Waals surface area contributed by atoms with Crippen molar-refractivity contribution in [3.8, 4) is 0 Å². The highest BCUT2D eigenvalue weighted by atomic mass is 16.2. The van der Waals surface area contributed by atoms with Crippen LogP contribution in [0.15, 0.2) is 24.5 Å². The molecule has 0 saturated carbocycles. The van der Waals surface area contributed by atoms with E-state index in [1.807, 2.05) is 12.3 Å². The maximum atomic E-state index is 12.9.